The third kappa shape index (κ3) is 6.89. The van der Waals surface area contributed by atoms with Gasteiger partial charge in [-0.25, -0.2) is 4.79 Å². The molecule has 0 saturated carbocycles. The lowest BCUT2D eigenvalue weighted by Gasteiger charge is -2.40. The Kier molecular flexibility index (Phi) is 11.6. The lowest BCUT2D eigenvalue weighted by molar-refractivity contribution is 0.108. The summed E-state index contributed by atoms with van der Waals surface area (Å²) in [6.07, 6.45) is 0.899. The summed E-state index contributed by atoms with van der Waals surface area (Å²) in [6, 6.07) is 29.6. The van der Waals surface area contributed by atoms with Crippen LogP contribution in [0.25, 0.3) is 10.9 Å². The van der Waals surface area contributed by atoms with Crippen LogP contribution in [0.15, 0.2) is 89.7 Å². The van der Waals surface area contributed by atoms with E-state index < -0.39 is 0 Å². The molecule has 1 aliphatic rings. The van der Waals surface area contributed by atoms with E-state index in [0.29, 0.717) is 12.4 Å². The van der Waals surface area contributed by atoms with Gasteiger partial charge in [0.15, 0.2) is 0 Å². The number of anilines is 1. The first-order chi connectivity index (χ1) is 16.7. The molecular formula is C28H35Cl2N5O2. The Bertz CT molecular complexity index is 1260. The van der Waals surface area contributed by atoms with Crippen LogP contribution in [0.1, 0.15) is 23.6 Å². The van der Waals surface area contributed by atoms with E-state index in [4.69, 9.17) is 5.73 Å². The zero-order valence-corrected chi connectivity index (χ0v) is 22.3. The van der Waals surface area contributed by atoms with Gasteiger partial charge in [-0.3, -0.25) is 9.47 Å². The Balaban J connectivity index is 0.00000160. The van der Waals surface area contributed by atoms with Gasteiger partial charge in [-0.15, -0.1) is 24.8 Å². The molecule has 7 nitrogen and oxygen atoms in total. The first-order valence-corrected chi connectivity index (χ1v) is 12.0. The Morgan fingerprint density at radius 1 is 0.757 bits per heavy atom. The smallest absolute Gasteiger partial charge is 0.349 e. The van der Waals surface area contributed by atoms with Crippen LogP contribution < -0.4 is 11.4 Å². The molecular weight excluding hydrogens is 509 g/mol. The molecule has 0 bridgehead atoms. The van der Waals surface area contributed by atoms with Crippen molar-refractivity contribution in [2.75, 3.05) is 38.5 Å². The van der Waals surface area contributed by atoms with Crippen molar-refractivity contribution < 1.29 is 5.48 Å². The summed E-state index contributed by atoms with van der Waals surface area (Å²) < 4.78 is 1.75. The van der Waals surface area contributed by atoms with Crippen LogP contribution in [0.2, 0.25) is 0 Å². The standard InChI is InChI=1S/C28H31N5O.2ClH.H2O/c29-27-24-14-7-8-15-25(24)33(28(34)30-27)17-9-16-31-18-20-32(21-19-31)26(22-10-3-1-4-11-22)23-12-5-2-6-13-23;;;/h1-8,10-15,26H,9,16-21H2,(H2,29,30,34);2*1H;1H2. The number of fused-ring (bicyclic) bond motifs is 1. The lowest BCUT2D eigenvalue weighted by Crippen LogP contribution is -2.48. The summed E-state index contributed by atoms with van der Waals surface area (Å²) >= 11 is 0. The quantitative estimate of drug-likeness (QED) is 0.382. The number of hydrogen-bond donors (Lipinski definition) is 1. The van der Waals surface area contributed by atoms with Crippen LogP contribution in [0.5, 0.6) is 0 Å². The second-order valence-corrected chi connectivity index (χ2v) is 8.90. The van der Waals surface area contributed by atoms with Gasteiger partial charge >= 0.3 is 5.69 Å². The number of hydrogen-bond acceptors (Lipinski definition) is 5. The van der Waals surface area contributed by atoms with E-state index in [2.05, 4.69) is 75.4 Å². The van der Waals surface area contributed by atoms with Crippen molar-refractivity contribution in [2.45, 2.75) is 19.0 Å². The van der Waals surface area contributed by atoms with Crippen molar-refractivity contribution in [2.24, 2.45) is 0 Å². The number of para-hydroxylation sites is 1. The van der Waals surface area contributed by atoms with Gasteiger partial charge in [-0.1, -0.05) is 72.8 Å². The van der Waals surface area contributed by atoms with Crippen LogP contribution in [0, 0.1) is 0 Å². The number of aromatic nitrogens is 2. The van der Waals surface area contributed by atoms with E-state index >= 15 is 0 Å². The second kappa shape index (κ2) is 14.1. The monoisotopic (exact) mass is 543 g/mol. The predicted molar refractivity (Wildman–Crippen MR) is 156 cm³/mol. The van der Waals surface area contributed by atoms with Crippen molar-refractivity contribution in [1.29, 1.82) is 0 Å². The normalized spacial score (nSPS) is 14.0. The number of aryl methyl sites for hydroxylation is 1. The average Bonchev–Trinajstić information content (AvgIpc) is 2.88. The molecule has 0 amide bonds. The molecule has 0 unspecified atom stereocenters. The molecule has 0 spiro atoms. The molecule has 0 aliphatic carbocycles. The third-order valence-corrected chi connectivity index (χ3v) is 6.78. The highest BCUT2D eigenvalue weighted by Crippen LogP contribution is 2.29. The number of nitrogens with two attached hydrogens (primary N) is 1. The number of rotatable bonds is 7. The summed E-state index contributed by atoms with van der Waals surface area (Å²) in [7, 11) is 0. The van der Waals surface area contributed by atoms with Crippen molar-refractivity contribution >= 4 is 41.5 Å². The first kappa shape index (κ1) is 30.3. The van der Waals surface area contributed by atoms with Crippen LogP contribution >= 0.6 is 24.8 Å². The van der Waals surface area contributed by atoms with Crippen LogP contribution in [0.3, 0.4) is 0 Å². The van der Waals surface area contributed by atoms with Gasteiger partial charge in [-0.05, 0) is 36.2 Å². The molecule has 37 heavy (non-hydrogen) atoms. The number of benzene rings is 3. The van der Waals surface area contributed by atoms with Crippen LogP contribution in [-0.4, -0.2) is 57.6 Å². The van der Waals surface area contributed by atoms with Crippen molar-refractivity contribution in [1.82, 2.24) is 19.4 Å². The molecule has 1 aliphatic heterocycles. The average molecular weight is 545 g/mol. The van der Waals surface area contributed by atoms with E-state index in [-0.39, 0.29) is 42.0 Å². The van der Waals surface area contributed by atoms with Crippen LogP contribution in [0.4, 0.5) is 5.82 Å². The Morgan fingerprint density at radius 2 is 1.30 bits per heavy atom. The van der Waals surface area contributed by atoms with Gasteiger partial charge in [0.2, 0.25) is 0 Å². The highest BCUT2D eigenvalue weighted by Gasteiger charge is 2.26. The summed E-state index contributed by atoms with van der Waals surface area (Å²) in [5.74, 6) is 0.305. The minimum atomic E-state index is -0.269. The van der Waals surface area contributed by atoms with Gasteiger partial charge in [0.1, 0.15) is 5.82 Å². The minimum Gasteiger partial charge on any atom is -0.412 e. The maximum atomic E-state index is 12.5. The fraction of sp³-hybridized carbons (Fsp3) is 0.286. The van der Waals surface area contributed by atoms with Gasteiger partial charge in [-0.2, -0.15) is 4.98 Å². The fourth-order valence-electron chi connectivity index (χ4n) is 5.05. The highest BCUT2D eigenvalue weighted by molar-refractivity contribution is 5.88. The molecule has 9 heteroatoms. The zero-order chi connectivity index (χ0) is 23.3. The van der Waals surface area contributed by atoms with Crippen molar-refractivity contribution in [3.63, 3.8) is 0 Å². The van der Waals surface area contributed by atoms with Crippen LogP contribution in [-0.2, 0) is 6.54 Å². The van der Waals surface area contributed by atoms with E-state index in [1.807, 2.05) is 24.3 Å². The molecule has 0 radical (unpaired) electrons. The molecule has 3 aromatic carbocycles. The Morgan fingerprint density at radius 3 is 1.89 bits per heavy atom. The third-order valence-electron chi connectivity index (χ3n) is 6.78. The predicted octanol–water partition coefficient (Wildman–Crippen LogP) is 3.79. The summed E-state index contributed by atoms with van der Waals surface area (Å²) in [6.45, 7) is 5.67. The van der Waals surface area contributed by atoms with E-state index in [1.54, 1.807) is 4.57 Å². The van der Waals surface area contributed by atoms with E-state index in [0.717, 1.165) is 50.0 Å². The minimum absolute atomic E-state index is 0. The van der Waals surface area contributed by atoms with Crippen molar-refractivity contribution in [3.05, 3.63) is 107 Å². The molecule has 0 atom stereocenters. The van der Waals surface area contributed by atoms with Gasteiger partial charge in [0.05, 0.1) is 11.6 Å². The zero-order valence-electron chi connectivity index (χ0n) is 20.7. The number of nitrogen functional groups attached to an aromatic ring is 1. The molecule has 1 aromatic heterocycles. The molecule has 198 valence electrons. The van der Waals surface area contributed by atoms with E-state index in [1.165, 1.54) is 11.1 Å². The molecule has 2 heterocycles. The summed E-state index contributed by atoms with van der Waals surface area (Å²) in [4.78, 5) is 21.6. The largest absolute Gasteiger partial charge is 0.412 e. The fourth-order valence-corrected chi connectivity index (χ4v) is 5.05. The maximum Gasteiger partial charge on any atom is 0.349 e. The molecule has 5 rings (SSSR count). The van der Waals surface area contributed by atoms with E-state index in [9.17, 15) is 4.79 Å². The number of nitrogens with zero attached hydrogens (tertiary/aromatic N) is 4. The SMILES string of the molecule is Cl.Cl.Nc1nc(=O)n(CCCN2CCN(C(c3ccccc3)c3ccccc3)CC2)c2ccccc12.O. The topological polar surface area (TPSA) is 98.9 Å². The highest BCUT2D eigenvalue weighted by atomic mass is 35.5. The second-order valence-electron chi connectivity index (χ2n) is 8.90. The first-order valence-electron chi connectivity index (χ1n) is 12.0. The number of halogens is 2. The molecule has 1 fully saturated rings. The summed E-state index contributed by atoms with van der Waals surface area (Å²) in [5.41, 5.74) is 9.22. The van der Waals surface area contributed by atoms with Gasteiger partial charge < -0.3 is 16.1 Å². The summed E-state index contributed by atoms with van der Waals surface area (Å²) in [5, 5.41) is 0.837. The molecule has 1 saturated heterocycles. The lowest BCUT2D eigenvalue weighted by atomic mass is 9.96. The Hall–Kier alpha value is -2.94. The molecule has 4 aromatic rings. The molecule has 4 N–H and O–H groups in total. The van der Waals surface area contributed by atoms with Gasteiger partial charge in [0, 0.05) is 38.1 Å². The Labute approximate surface area is 230 Å². The van der Waals surface area contributed by atoms with Gasteiger partial charge in [0.25, 0.3) is 0 Å². The number of piperazine rings is 1. The van der Waals surface area contributed by atoms with Crippen molar-refractivity contribution in [3.8, 4) is 0 Å². The maximum absolute atomic E-state index is 12.5.